The highest BCUT2D eigenvalue weighted by Gasteiger charge is 2.35. The van der Waals surface area contributed by atoms with Gasteiger partial charge in [-0.2, -0.15) is 11.8 Å². The van der Waals surface area contributed by atoms with Crippen LogP contribution in [-0.4, -0.2) is 28.3 Å². The van der Waals surface area contributed by atoms with Crippen molar-refractivity contribution in [2.24, 2.45) is 0 Å². The molecule has 1 atom stereocenters. The molecule has 0 fully saturated rings. The predicted octanol–water partition coefficient (Wildman–Crippen LogP) is 4.47. The second-order valence-electron chi connectivity index (χ2n) is 5.52. The summed E-state index contributed by atoms with van der Waals surface area (Å²) in [7, 11) is 0. The summed E-state index contributed by atoms with van der Waals surface area (Å²) >= 11 is 10.1. The first kappa shape index (κ1) is 16.8. The molecule has 0 radical (unpaired) electrons. The van der Waals surface area contributed by atoms with Crippen LogP contribution in [0, 0.1) is 0 Å². The lowest BCUT2D eigenvalue weighted by atomic mass is 9.86. The molecular formula is C17H18ClNO2S2. The highest BCUT2D eigenvalue weighted by Crippen LogP contribution is 2.46. The minimum Gasteiger partial charge on any atom is -0.478 e. The molecular weight excluding hydrogens is 350 g/mol. The van der Waals surface area contributed by atoms with Gasteiger partial charge in [-0.15, -0.1) is 11.8 Å². The molecule has 3 nitrogen and oxygen atoms in total. The third kappa shape index (κ3) is 3.42. The van der Waals surface area contributed by atoms with Gasteiger partial charge in [-0.25, -0.2) is 4.79 Å². The Balaban J connectivity index is 2.16. The second-order valence-corrected chi connectivity index (χ2v) is 8.17. The summed E-state index contributed by atoms with van der Waals surface area (Å²) in [6.07, 6.45) is 1.13. The zero-order valence-electron chi connectivity index (χ0n) is 12.8. The number of carbonyl (C=O) groups is 1. The van der Waals surface area contributed by atoms with Gasteiger partial charge in [0.05, 0.1) is 11.5 Å². The maximum absolute atomic E-state index is 11.9. The smallest absolute Gasteiger partial charge is 0.334 e. The number of hydrogen-bond acceptors (Lipinski definition) is 4. The van der Waals surface area contributed by atoms with Gasteiger partial charge in [0.2, 0.25) is 0 Å². The van der Waals surface area contributed by atoms with Gasteiger partial charge >= 0.3 is 5.97 Å². The van der Waals surface area contributed by atoms with E-state index in [0.717, 1.165) is 39.8 Å². The lowest BCUT2D eigenvalue weighted by Gasteiger charge is -2.33. The van der Waals surface area contributed by atoms with Gasteiger partial charge < -0.3 is 10.4 Å². The molecule has 2 N–H and O–H groups in total. The Bertz CT molecular complexity index is 700. The summed E-state index contributed by atoms with van der Waals surface area (Å²) in [5.74, 6) is 1.84. The third-order valence-corrected chi connectivity index (χ3v) is 6.67. The summed E-state index contributed by atoms with van der Waals surface area (Å²) in [4.78, 5) is 13.0. The fraction of sp³-hybridized carbons (Fsp3) is 0.353. The predicted molar refractivity (Wildman–Crippen MR) is 99.1 cm³/mol. The Hall–Kier alpha value is -1.04. The molecule has 6 heteroatoms. The third-order valence-electron chi connectivity index (χ3n) is 3.97. The number of carboxylic acids is 1. The van der Waals surface area contributed by atoms with Crippen molar-refractivity contribution in [2.75, 3.05) is 17.3 Å². The minimum atomic E-state index is -0.887. The molecule has 0 amide bonds. The quantitative estimate of drug-likeness (QED) is 0.807. The summed E-state index contributed by atoms with van der Waals surface area (Å²) in [6.45, 7) is 1.84. The van der Waals surface area contributed by atoms with Gasteiger partial charge in [0, 0.05) is 27.1 Å². The summed E-state index contributed by atoms with van der Waals surface area (Å²) in [5, 5.41) is 13.7. The Morgan fingerprint density at radius 2 is 2.13 bits per heavy atom. The first-order chi connectivity index (χ1) is 11.1. The van der Waals surface area contributed by atoms with Crippen LogP contribution in [0.3, 0.4) is 0 Å². The molecule has 2 aliphatic heterocycles. The molecule has 0 saturated heterocycles. The normalized spacial score (nSPS) is 22.1. The Labute approximate surface area is 149 Å². The molecule has 122 valence electrons. The van der Waals surface area contributed by atoms with E-state index in [9.17, 15) is 9.90 Å². The van der Waals surface area contributed by atoms with Crippen molar-refractivity contribution in [1.29, 1.82) is 0 Å². The number of thioether (sulfide) groups is 2. The van der Waals surface area contributed by atoms with Crippen LogP contribution in [0.2, 0.25) is 5.02 Å². The second kappa shape index (κ2) is 7.24. The topological polar surface area (TPSA) is 49.3 Å². The van der Waals surface area contributed by atoms with E-state index in [1.807, 2.05) is 43.0 Å². The van der Waals surface area contributed by atoms with E-state index >= 15 is 0 Å². The maximum atomic E-state index is 11.9. The average Bonchev–Trinajstić information content (AvgIpc) is 2.48. The summed E-state index contributed by atoms with van der Waals surface area (Å²) in [6, 6.07) is 7.56. The van der Waals surface area contributed by atoms with E-state index in [1.165, 1.54) is 0 Å². The van der Waals surface area contributed by atoms with Crippen LogP contribution in [0.4, 0.5) is 0 Å². The van der Waals surface area contributed by atoms with Gasteiger partial charge in [0.25, 0.3) is 0 Å². The average molecular weight is 368 g/mol. The number of rotatable bonds is 2. The van der Waals surface area contributed by atoms with Crippen LogP contribution in [0.25, 0.3) is 0 Å². The highest BCUT2D eigenvalue weighted by atomic mass is 35.5. The first-order valence-corrected chi connectivity index (χ1v) is 10.0. The van der Waals surface area contributed by atoms with Gasteiger partial charge in [0.1, 0.15) is 0 Å². The fourth-order valence-corrected chi connectivity index (χ4v) is 5.62. The van der Waals surface area contributed by atoms with E-state index in [0.29, 0.717) is 16.3 Å². The number of benzene rings is 1. The van der Waals surface area contributed by atoms with Crippen molar-refractivity contribution in [3.8, 4) is 0 Å². The van der Waals surface area contributed by atoms with Crippen LogP contribution in [0.15, 0.2) is 46.1 Å². The van der Waals surface area contributed by atoms with Crippen molar-refractivity contribution in [1.82, 2.24) is 5.32 Å². The van der Waals surface area contributed by atoms with Crippen molar-refractivity contribution >= 4 is 41.1 Å². The number of halogens is 1. The molecule has 0 aliphatic carbocycles. The molecule has 1 aromatic carbocycles. The van der Waals surface area contributed by atoms with Gasteiger partial charge in [-0.1, -0.05) is 29.8 Å². The first-order valence-electron chi connectivity index (χ1n) is 7.48. The largest absolute Gasteiger partial charge is 0.478 e. The zero-order valence-corrected chi connectivity index (χ0v) is 15.2. The molecule has 23 heavy (non-hydrogen) atoms. The van der Waals surface area contributed by atoms with Gasteiger partial charge in [-0.3, -0.25) is 0 Å². The number of hydrogen-bond donors (Lipinski definition) is 2. The Morgan fingerprint density at radius 1 is 1.35 bits per heavy atom. The Morgan fingerprint density at radius 3 is 2.87 bits per heavy atom. The SMILES string of the molecule is CC1=C(C(=O)O)C(c2ccccc2Cl)C2=C(CSCCCS2)N1. The number of dihydropyridines is 1. The van der Waals surface area contributed by atoms with E-state index < -0.39 is 5.97 Å². The summed E-state index contributed by atoms with van der Waals surface area (Å²) in [5.41, 5.74) is 3.11. The van der Waals surface area contributed by atoms with E-state index in [2.05, 4.69) is 5.32 Å². The molecule has 0 bridgehead atoms. The van der Waals surface area contributed by atoms with Gasteiger partial charge in [-0.05, 0) is 36.5 Å². The van der Waals surface area contributed by atoms with Crippen LogP contribution >= 0.6 is 35.1 Å². The molecule has 0 spiro atoms. The van der Waals surface area contributed by atoms with Crippen molar-refractivity contribution in [3.05, 3.63) is 56.7 Å². The Kier molecular flexibility index (Phi) is 5.29. The van der Waals surface area contributed by atoms with Crippen LogP contribution in [0.5, 0.6) is 0 Å². The van der Waals surface area contributed by atoms with Crippen molar-refractivity contribution < 1.29 is 9.90 Å². The number of carboxylic acid groups (broad SMARTS) is 1. The van der Waals surface area contributed by atoms with Crippen LogP contribution in [-0.2, 0) is 4.79 Å². The molecule has 3 rings (SSSR count). The van der Waals surface area contributed by atoms with Crippen LogP contribution < -0.4 is 5.32 Å². The lowest BCUT2D eigenvalue weighted by molar-refractivity contribution is -0.133. The van der Waals surface area contributed by atoms with Crippen LogP contribution in [0.1, 0.15) is 24.8 Å². The molecule has 0 aromatic heterocycles. The van der Waals surface area contributed by atoms with Crippen molar-refractivity contribution in [3.63, 3.8) is 0 Å². The minimum absolute atomic E-state index is 0.291. The number of allylic oxidation sites excluding steroid dienone is 2. The standard InChI is InChI=1S/C17H18ClNO2S2/c1-10-14(17(20)21)15(11-5-2-3-6-12(11)18)16-13(19-10)9-22-7-4-8-23-16/h2-3,5-6,15,19H,4,7-9H2,1H3,(H,20,21). The molecule has 2 heterocycles. The highest BCUT2D eigenvalue weighted by molar-refractivity contribution is 8.03. The maximum Gasteiger partial charge on any atom is 0.334 e. The zero-order chi connectivity index (χ0) is 16.4. The van der Waals surface area contributed by atoms with E-state index in [4.69, 9.17) is 11.6 Å². The molecule has 2 aliphatic rings. The van der Waals surface area contributed by atoms with Gasteiger partial charge in [0.15, 0.2) is 0 Å². The molecule has 1 aromatic rings. The summed E-state index contributed by atoms with van der Waals surface area (Å²) < 4.78 is 0. The molecule has 1 unspecified atom stereocenters. The number of nitrogens with one attached hydrogen (secondary N) is 1. The monoisotopic (exact) mass is 367 g/mol. The van der Waals surface area contributed by atoms with E-state index in [-0.39, 0.29) is 5.92 Å². The number of aliphatic carboxylic acids is 1. The van der Waals surface area contributed by atoms with E-state index in [1.54, 1.807) is 11.8 Å². The molecule has 0 saturated carbocycles. The lowest BCUT2D eigenvalue weighted by Crippen LogP contribution is -2.30. The van der Waals surface area contributed by atoms with Crippen molar-refractivity contribution in [2.45, 2.75) is 19.3 Å². The fourth-order valence-electron chi connectivity index (χ4n) is 2.96.